The van der Waals surface area contributed by atoms with Gasteiger partial charge in [0, 0.05) is 87.8 Å². The topological polar surface area (TPSA) is 435 Å². The summed E-state index contributed by atoms with van der Waals surface area (Å²) in [4.78, 5) is 122. The van der Waals surface area contributed by atoms with Gasteiger partial charge in [0.25, 0.3) is 0 Å². The van der Waals surface area contributed by atoms with Crippen LogP contribution in [0.2, 0.25) is 0 Å². The van der Waals surface area contributed by atoms with Gasteiger partial charge in [-0.3, -0.25) is 9.80 Å². The molecule has 0 radical (unpaired) electrons. The van der Waals surface area contributed by atoms with Crippen molar-refractivity contribution in [2.75, 3.05) is 92.1 Å². The smallest absolute Gasteiger partial charge is 0.358 e. The molecule has 0 bridgehead atoms. The number of hydrogen-bond acceptors (Lipinski definition) is 30. The van der Waals surface area contributed by atoms with Crippen molar-refractivity contribution < 1.29 is 136 Å². The molecular weight excluding hydrogens is 1080 g/mol. The quantitative estimate of drug-likeness (QED) is 0.0167. The minimum Gasteiger partial charge on any atom is -0.492 e. The summed E-state index contributed by atoms with van der Waals surface area (Å²) in [6.07, 6.45) is -3.76. The third kappa shape index (κ3) is 22.2. The SMILES string of the molecule is CC(CN(CCN(CC(C)OC(=O)COCC(=O)On1c(O)ccc1O)CC(C)OC(=O)COCC(=O)On1c(O)ccc1O)CC(C)OC(=O)COCC(=O)On1c(O)ccc1O)OC(=O)COCC(=O)On1c(O)ccc1O. The molecule has 4 unspecified atom stereocenters. The number of aromatic nitrogens is 4. The third-order valence-corrected chi connectivity index (χ3v) is 9.85. The van der Waals surface area contributed by atoms with Gasteiger partial charge in [0.15, 0.2) is 0 Å². The molecule has 34 heteroatoms. The summed E-state index contributed by atoms with van der Waals surface area (Å²) in [5.74, 6) is -12.9. The largest absolute Gasteiger partial charge is 0.492 e. The van der Waals surface area contributed by atoms with Gasteiger partial charge in [-0.05, 0) is 27.7 Å². The fraction of sp³-hybridized carbons (Fsp3) is 0.478. The van der Waals surface area contributed by atoms with Gasteiger partial charge in [-0.1, -0.05) is 0 Å². The first-order chi connectivity index (χ1) is 37.9. The standard InChI is InChI=1S/C46H60N6O28/c1-27(73-39(61)19-69-23-43(65)77-49-31(53)5-6-32(49)54)15-47(16-28(2)74-40(62)20-70-24-44(66)78-50-33(55)7-8-34(50)56)13-14-48(17-29(3)75-41(63)21-71-25-45(67)79-51-35(57)9-10-36(51)58)18-30(4)76-42(64)22-72-26-46(68)80-52-37(59)11-12-38(52)60/h5-12,27-30,53-60H,13-26H2,1-4H3. The fourth-order valence-electron chi connectivity index (χ4n) is 6.80. The van der Waals surface area contributed by atoms with Crippen LogP contribution in [-0.4, -0.2) is 234 Å². The van der Waals surface area contributed by atoms with E-state index in [9.17, 15) is 79.2 Å². The summed E-state index contributed by atoms with van der Waals surface area (Å²) in [5, 5.41) is 77.5. The molecule has 0 spiro atoms. The molecule has 0 saturated heterocycles. The maximum Gasteiger partial charge on any atom is 0.358 e. The normalized spacial score (nSPS) is 12.7. The number of rotatable bonds is 35. The molecule has 0 aliphatic rings. The van der Waals surface area contributed by atoms with E-state index in [0.29, 0.717) is 18.9 Å². The minimum absolute atomic E-state index is 0.0451. The molecule has 0 aliphatic heterocycles. The summed E-state index contributed by atoms with van der Waals surface area (Å²) >= 11 is 0. The molecule has 8 N–H and O–H groups in total. The van der Waals surface area contributed by atoms with Crippen LogP contribution in [0.1, 0.15) is 27.7 Å². The van der Waals surface area contributed by atoms with Crippen molar-refractivity contribution in [1.82, 2.24) is 28.7 Å². The average Bonchev–Trinajstić information content (AvgIpc) is 4.08. The van der Waals surface area contributed by atoms with E-state index >= 15 is 0 Å². The van der Waals surface area contributed by atoms with E-state index in [2.05, 4.69) is 0 Å². The number of aromatic hydroxyl groups is 8. The Morgan fingerprint density at radius 2 is 0.487 bits per heavy atom. The highest BCUT2D eigenvalue weighted by Crippen LogP contribution is 2.21. The average molecular weight is 1150 g/mol. The number of ether oxygens (including phenoxy) is 8. The Balaban J connectivity index is 1.40. The Morgan fingerprint density at radius 3 is 0.662 bits per heavy atom. The van der Waals surface area contributed by atoms with Crippen LogP contribution in [-0.2, 0) is 76.3 Å². The van der Waals surface area contributed by atoms with Gasteiger partial charge >= 0.3 is 47.8 Å². The van der Waals surface area contributed by atoms with Crippen LogP contribution in [0.25, 0.3) is 0 Å². The Kier molecular flexibility index (Phi) is 25.0. The van der Waals surface area contributed by atoms with E-state index in [0.717, 1.165) is 48.5 Å². The van der Waals surface area contributed by atoms with Crippen molar-refractivity contribution >= 4 is 47.8 Å². The summed E-state index contributed by atoms with van der Waals surface area (Å²) < 4.78 is 43.9. The van der Waals surface area contributed by atoms with Crippen molar-refractivity contribution in [2.24, 2.45) is 0 Å². The molecule has 80 heavy (non-hydrogen) atoms. The lowest BCUT2D eigenvalue weighted by atomic mass is 10.2. The summed E-state index contributed by atoms with van der Waals surface area (Å²) in [6.45, 7) is -0.424. The predicted octanol–water partition coefficient (Wildman–Crippen LogP) is -3.14. The zero-order chi connectivity index (χ0) is 59.1. The van der Waals surface area contributed by atoms with Crippen LogP contribution in [0.3, 0.4) is 0 Å². The molecule has 4 rings (SSSR count). The maximum absolute atomic E-state index is 12.8. The molecular formula is C46H60N6O28. The molecule has 0 amide bonds. The number of carbonyl (C=O) groups is 8. The number of hydrogen-bond donors (Lipinski definition) is 8. The lowest BCUT2D eigenvalue weighted by molar-refractivity contribution is -0.163. The molecule has 0 fully saturated rings. The number of carbonyl (C=O) groups excluding carboxylic acids is 8. The zero-order valence-electron chi connectivity index (χ0n) is 43.3. The first-order valence-corrected chi connectivity index (χ1v) is 23.6. The van der Waals surface area contributed by atoms with Gasteiger partial charge < -0.3 is 98.1 Å². The van der Waals surface area contributed by atoms with Crippen LogP contribution < -0.4 is 19.4 Å². The first-order valence-electron chi connectivity index (χ1n) is 23.6. The summed E-state index contributed by atoms with van der Waals surface area (Å²) in [6, 6.07) is 8.39. The van der Waals surface area contributed by atoms with Crippen LogP contribution in [0.4, 0.5) is 0 Å². The second-order valence-electron chi connectivity index (χ2n) is 16.9. The van der Waals surface area contributed by atoms with Gasteiger partial charge in [0.1, 0.15) is 77.3 Å². The lowest BCUT2D eigenvalue weighted by Crippen LogP contribution is -2.46. The Bertz CT molecular complexity index is 2280. The summed E-state index contributed by atoms with van der Waals surface area (Å²) in [7, 11) is 0. The summed E-state index contributed by atoms with van der Waals surface area (Å²) in [5.41, 5.74) is 0. The second-order valence-corrected chi connectivity index (χ2v) is 16.9. The van der Waals surface area contributed by atoms with E-state index in [4.69, 9.17) is 57.2 Å². The van der Waals surface area contributed by atoms with Gasteiger partial charge in [-0.25, -0.2) is 38.4 Å². The van der Waals surface area contributed by atoms with E-state index in [1.807, 2.05) is 0 Å². The Morgan fingerprint density at radius 1 is 0.325 bits per heavy atom. The van der Waals surface area contributed by atoms with Crippen molar-refractivity contribution in [1.29, 1.82) is 0 Å². The van der Waals surface area contributed by atoms with Gasteiger partial charge in [-0.2, -0.15) is 0 Å². The van der Waals surface area contributed by atoms with Gasteiger partial charge in [0.05, 0.1) is 0 Å². The fourth-order valence-corrected chi connectivity index (χ4v) is 6.80. The van der Waals surface area contributed by atoms with E-state index in [1.54, 1.807) is 9.80 Å². The Hall–Kier alpha value is -8.96. The molecule has 4 heterocycles. The third-order valence-electron chi connectivity index (χ3n) is 9.85. The highest BCUT2D eigenvalue weighted by Gasteiger charge is 2.25. The molecule has 4 atom stereocenters. The van der Waals surface area contributed by atoms with Gasteiger partial charge in [-0.15, -0.1) is 18.9 Å². The van der Waals surface area contributed by atoms with E-state index in [-0.39, 0.29) is 39.3 Å². The molecule has 34 nitrogen and oxygen atoms in total. The maximum atomic E-state index is 12.8. The highest BCUT2D eigenvalue weighted by molar-refractivity contribution is 5.75. The van der Waals surface area contributed by atoms with E-state index < -0.39 is 172 Å². The van der Waals surface area contributed by atoms with Crippen molar-refractivity contribution in [3.8, 4) is 47.0 Å². The lowest BCUT2D eigenvalue weighted by Gasteiger charge is -2.32. The minimum atomic E-state index is -1.10. The molecule has 4 aromatic rings. The van der Waals surface area contributed by atoms with Crippen LogP contribution in [0, 0.1) is 0 Å². The first kappa shape index (κ1) is 63.6. The monoisotopic (exact) mass is 1140 g/mol. The number of esters is 4. The van der Waals surface area contributed by atoms with Crippen LogP contribution >= 0.6 is 0 Å². The van der Waals surface area contributed by atoms with Gasteiger partial charge in [0.2, 0.25) is 47.0 Å². The molecule has 0 aromatic carbocycles. The highest BCUT2D eigenvalue weighted by atomic mass is 16.7. The van der Waals surface area contributed by atoms with Crippen molar-refractivity contribution in [3.05, 3.63) is 48.5 Å². The predicted molar refractivity (Wildman–Crippen MR) is 256 cm³/mol. The molecule has 442 valence electrons. The molecule has 0 saturated carbocycles. The van der Waals surface area contributed by atoms with E-state index in [1.165, 1.54) is 27.7 Å². The molecule has 4 aromatic heterocycles. The zero-order valence-corrected chi connectivity index (χ0v) is 43.3. The second kappa shape index (κ2) is 31.4. The van der Waals surface area contributed by atoms with Crippen LogP contribution in [0.5, 0.6) is 47.0 Å². The van der Waals surface area contributed by atoms with Crippen molar-refractivity contribution in [2.45, 2.75) is 52.1 Å². The van der Waals surface area contributed by atoms with Crippen LogP contribution in [0.15, 0.2) is 48.5 Å². The molecule has 0 aliphatic carbocycles. The Labute approximate surface area is 452 Å². The van der Waals surface area contributed by atoms with Crippen molar-refractivity contribution in [3.63, 3.8) is 0 Å². The number of nitrogens with zero attached hydrogens (tertiary/aromatic N) is 6.